The summed E-state index contributed by atoms with van der Waals surface area (Å²) in [6.45, 7) is 4.18. The molecule has 0 saturated carbocycles. The van der Waals surface area contributed by atoms with Crippen molar-refractivity contribution in [2.75, 3.05) is 52.4 Å². The highest BCUT2D eigenvalue weighted by molar-refractivity contribution is 7.92. The fourth-order valence-corrected chi connectivity index (χ4v) is 7.61. The molecular formula is C26H33ClN6O6S2. The highest BCUT2D eigenvalue weighted by Gasteiger charge is 2.36. The first-order chi connectivity index (χ1) is 19.7. The summed E-state index contributed by atoms with van der Waals surface area (Å²) in [5.74, 6) is -0.453. The number of piperidine rings is 1. The fourth-order valence-electron chi connectivity index (χ4n) is 5.54. The van der Waals surface area contributed by atoms with Crippen LogP contribution in [-0.4, -0.2) is 115 Å². The van der Waals surface area contributed by atoms with Gasteiger partial charge >= 0.3 is 0 Å². The number of carbonyl (C=O) groups is 3. The topological polar surface area (TPSA) is 136 Å². The van der Waals surface area contributed by atoms with Gasteiger partial charge in [0, 0.05) is 68.2 Å². The van der Waals surface area contributed by atoms with Crippen molar-refractivity contribution < 1.29 is 27.3 Å². The zero-order valence-electron chi connectivity index (χ0n) is 22.5. The van der Waals surface area contributed by atoms with Gasteiger partial charge in [-0.15, -0.1) is 11.3 Å². The molecular weight excluding hydrogens is 592 g/mol. The monoisotopic (exact) mass is 624 g/mol. The third kappa shape index (κ3) is 7.55. The van der Waals surface area contributed by atoms with Crippen LogP contribution in [0.4, 0.5) is 0 Å². The number of rotatable bonds is 9. The lowest BCUT2D eigenvalue weighted by Crippen LogP contribution is -2.56. The van der Waals surface area contributed by atoms with Crippen LogP contribution in [0.15, 0.2) is 34.3 Å². The Balaban J connectivity index is 1.11. The third-order valence-corrected chi connectivity index (χ3v) is 9.95. The summed E-state index contributed by atoms with van der Waals surface area (Å²) in [5, 5.41) is 4.63. The van der Waals surface area contributed by atoms with Crippen LogP contribution in [0.2, 0.25) is 4.34 Å². The minimum Gasteiger partial charge on any atom is -0.351 e. The van der Waals surface area contributed by atoms with Gasteiger partial charge < -0.3 is 19.2 Å². The van der Waals surface area contributed by atoms with E-state index in [0.29, 0.717) is 67.9 Å². The summed E-state index contributed by atoms with van der Waals surface area (Å²) >= 11 is 7.15. The molecule has 1 N–H and O–H groups in total. The van der Waals surface area contributed by atoms with Crippen LogP contribution in [0.1, 0.15) is 41.1 Å². The number of hydrogen-bond acceptors (Lipinski definition) is 9. The molecule has 2 aromatic heterocycles. The summed E-state index contributed by atoms with van der Waals surface area (Å²) in [4.78, 5) is 47.0. The number of thiophene rings is 1. The van der Waals surface area contributed by atoms with Crippen molar-refractivity contribution >= 4 is 56.8 Å². The highest BCUT2D eigenvalue weighted by Crippen LogP contribution is 2.23. The molecule has 3 aliphatic heterocycles. The van der Waals surface area contributed by atoms with Crippen LogP contribution in [0, 0.1) is 0 Å². The molecule has 41 heavy (non-hydrogen) atoms. The van der Waals surface area contributed by atoms with Crippen molar-refractivity contribution in [3.05, 3.63) is 44.8 Å². The van der Waals surface area contributed by atoms with E-state index in [1.165, 1.54) is 28.5 Å². The Morgan fingerprint density at radius 2 is 1.88 bits per heavy atom. The lowest BCUT2D eigenvalue weighted by atomic mass is 10.1. The minimum atomic E-state index is -3.87. The van der Waals surface area contributed by atoms with Gasteiger partial charge in [0.15, 0.2) is 0 Å². The number of halogens is 1. The van der Waals surface area contributed by atoms with Gasteiger partial charge in [-0.3, -0.25) is 19.3 Å². The van der Waals surface area contributed by atoms with Crippen molar-refractivity contribution in [3.63, 3.8) is 0 Å². The SMILES string of the molecule is O=C(c1ccno1)N1CCN(C[C@@H]2CCCN2C(=O)CN2CCC[C@H](NS(=O)(=O)/C=C/c3ccc(Cl)s3)C2=O)CC1. The summed E-state index contributed by atoms with van der Waals surface area (Å²) in [6, 6.07) is 4.07. The number of nitrogens with zero attached hydrogens (tertiary/aromatic N) is 5. The Morgan fingerprint density at radius 1 is 1.10 bits per heavy atom. The van der Waals surface area contributed by atoms with Gasteiger partial charge in [-0.25, -0.2) is 8.42 Å². The maximum absolute atomic E-state index is 13.3. The Bertz CT molecular complexity index is 1370. The van der Waals surface area contributed by atoms with E-state index in [4.69, 9.17) is 16.1 Å². The standard InChI is InChI=1S/C26H33ClN6O6S2/c27-23-6-5-20(40-23)8-16-41(37,38)29-21-4-2-10-32(25(21)35)18-24(34)33-11-1-3-19(33)17-30-12-14-31(15-13-30)26(36)22-7-9-28-39-22/h5-9,16,19,21,29H,1-4,10-15,17-18H2/b16-8+/t19-,21-/m0/s1. The van der Waals surface area contributed by atoms with E-state index in [1.807, 2.05) is 4.90 Å². The molecule has 0 aromatic carbocycles. The van der Waals surface area contributed by atoms with E-state index in [2.05, 4.69) is 14.8 Å². The van der Waals surface area contributed by atoms with Gasteiger partial charge in [-0.05, 0) is 43.9 Å². The number of aromatic nitrogens is 1. The zero-order valence-corrected chi connectivity index (χ0v) is 24.9. The molecule has 2 atom stereocenters. The van der Waals surface area contributed by atoms with Crippen molar-refractivity contribution in [3.8, 4) is 0 Å². The molecule has 0 radical (unpaired) electrons. The van der Waals surface area contributed by atoms with Gasteiger partial charge in [0.1, 0.15) is 6.04 Å². The summed E-state index contributed by atoms with van der Waals surface area (Å²) in [6.07, 6.45) is 5.62. The van der Waals surface area contributed by atoms with E-state index in [-0.39, 0.29) is 36.1 Å². The predicted molar refractivity (Wildman–Crippen MR) is 154 cm³/mol. The van der Waals surface area contributed by atoms with Crippen molar-refractivity contribution in [2.24, 2.45) is 0 Å². The second-order valence-electron chi connectivity index (χ2n) is 10.4. The number of amides is 3. The van der Waals surface area contributed by atoms with Crippen LogP contribution in [-0.2, 0) is 19.6 Å². The normalized spacial score (nSPS) is 22.7. The van der Waals surface area contributed by atoms with Crippen molar-refractivity contribution in [1.29, 1.82) is 0 Å². The highest BCUT2D eigenvalue weighted by atomic mass is 35.5. The molecule has 5 heterocycles. The van der Waals surface area contributed by atoms with Crippen LogP contribution in [0.25, 0.3) is 6.08 Å². The second kappa shape index (κ2) is 13.0. The molecule has 3 saturated heterocycles. The van der Waals surface area contributed by atoms with E-state index in [1.54, 1.807) is 23.1 Å². The predicted octanol–water partition coefficient (Wildman–Crippen LogP) is 1.72. The molecule has 0 unspecified atom stereocenters. The average Bonchev–Trinajstić information content (AvgIpc) is 3.73. The van der Waals surface area contributed by atoms with E-state index < -0.39 is 16.1 Å². The lowest BCUT2D eigenvalue weighted by Gasteiger charge is -2.38. The first-order valence-corrected chi connectivity index (χ1v) is 16.4. The molecule has 5 rings (SSSR count). The molecule has 0 spiro atoms. The van der Waals surface area contributed by atoms with Gasteiger partial charge in [0.25, 0.3) is 5.91 Å². The minimum absolute atomic E-state index is 0.0316. The Labute approximate surface area is 247 Å². The van der Waals surface area contributed by atoms with Crippen molar-refractivity contribution in [1.82, 2.24) is 29.5 Å². The number of piperazine rings is 1. The molecule has 12 nitrogen and oxygen atoms in total. The number of sulfonamides is 1. The quantitative estimate of drug-likeness (QED) is 0.445. The fraction of sp³-hybridized carbons (Fsp3) is 0.538. The number of hydrogen-bond donors (Lipinski definition) is 1. The van der Waals surface area contributed by atoms with Gasteiger partial charge in [0.05, 0.1) is 17.1 Å². The second-order valence-corrected chi connectivity index (χ2v) is 13.8. The van der Waals surface area contributed by atoms with E-state index in [0.717, 1.165) is 18.2 Å². The van der Waals surface area contributed by atoms with E-state index in [9.17, 15) is 22.8 Å². The largest absolute Gasteiger partial charge is 0.351 e. The molecule has 0 aliphatic carbocycles. The van der Waals surface area contributed by atoms with Gasteiger partial charge in [-0.1, -0.05) is 16.8 Å². The molecule has 3 amide bonds. The Morgan fingerprint density at radius 3 is 2.59 bits per heavy atom. The molecule has 222 valence electrons. The van der Waals surface area contributed by atoms with Crippen LogP contribution in [0.5, 0.6) is 0 Å². The first-order valence-electron chi connectivity index (χ1n) is 13.6. The van der Waals surface area contributed by atoms with Crippen molar-refractivity contribution in [2.45, 2.75) is 37.8 Å². The Kier molecular flexibility index (Phi) is 9.44. The third-order valence-electron chi connectivity index (χ3n) is 7.64. The summed E-state index contributed by atoms with van der Waals surface area (Å²) in [7, 11) is -3.87. The lowest BCUT2D eigenvalue weighted by molar-refractivity contribution is -0.143. The molecule has 15 heteroatoms. The van der Waals surface area contributed by atoms with E-state index >= 15 is 0 Å². The summed E-state index contributed by atoms with van der Waals surface area (Å²) in [5.41, 5.74) is 0. The number of carbonyl (C=O) groups excluding carboxylic acids is 3. The molecule has 0 bridgehead atoms. The molecule has 3 fully saturated rings. The first kappa shape index (κ1) is 29.7. The summed E-state index contributed by atoms with van der Waals surface area (Å²) < 4.78 is 33.2. The number of nitrogens with one attached hydrogen (secondary N) is 1. The maximum Gasteiger partial charge on any atom is 0.292 e. The van der Waals surface area contributed by atoms with Crippen LogP contribution >= 0.6 is 22.9 Å². The van der Waals surface area contributed by atoms with Crippen LogP contribution in [0.3, 0.4) is 0 Å². The molecule has 2 aromatic rings. The smallest absolute Gasteiger partial charge is 0.292 e. The average molecular weight is 625 g/mol. The number of likely N-dealkylation sites (tertiary alicyclic amines) is 2. The van der Waals surface area contributed by atoms with Crippen LogP contribution < -0.4 is 4.72 Å². The van der Waals surface area contributed by atoms with Gasteiger partial charge in [0.2, 0.25) is 27.6 Å². The van der Waals surface area contributed by atoms with Gasteiger partial charge in [-0.2, -0.15) is 4.72 Å². The Hall–Kier alpha value is -2.78. The maximum atomic E-state index is 13.3. The molecule has 3 aliphatic rings. The zero-order chi connectivity index (χ0) is 29.0.